The lowest BCUT2D eigenvalue weighted by atomic mass is 10.1. The van der Waals surface area contributed by atoms with E-state index in [-0.39, 0.29) is 0 Å². The van der Waals surface area contributed by atoms with Gasteiger partial charge in [0.1, 0.15) is 5.82 Å². The highest BCUT2D eigenvalue weighted by molar-refractivity contribution is 7.99. The van der Waals surface area contributed by atoms with Crippen molar-refractivity contribution in [2.45, 2.75) is 16.0 Å². The van der Waals surface area contributed by atoms with Crippen LogP contribution in [0, 0.1) is 17.1 Å². The number of benzene rings is 2. The van der Waals surface area contributed by atoms with Gasteiger partial charge >= 0.3 is 6.18 Å². The number of nitrogens with zero attached hydrogens (tertiary/aromatic N) is 1. The molecule has 0 fully saturated rings. The molecule has 6 heteroatoms. The van der Waals surface area contributed by atoms with Crippen molar-refractivity contribution in [3.63, 3.8) is 0 Å². The highest BCUT2D eigenvalue weighted by Gasteiger charge is 2.33. The molecule has 2 aromatic rings. The third-order valence-corrected chi connectivity index (χ3v) is 3.43. The van der Waals surface area contributed by atoms with Crippen LogP contribution in [-0.2, 0) is 6.18 Å². The van der Waals surface area contributed by atoms with Gasteiger partial charge in [0.05, 0.1) is 17.2 Å². The lowest BCUT2D eigenvalue weighted by molar-refractivity contribution is -0.137. The van der Waals surface area contributed by atoms with E-state index in [1.165, 1.54) is 30.3 Å². The fourth-order valence-electron chi connectivity index (χ4n) is 1.59. The maximum absolute atomic E-state index is 13.0. The predicted molar refractivity (Wildman–Crippen MR) is 66.7 cm³/mol. The Morgan fingerprint density at radius 2 is 1.70 bits per heavy atom. The Balaban J connectivity index is 2.37. The molecule has 0 saturated heterocycles. The molecule has 0 unspecified atom stereocenters. The zero-order valence-corrected chi connectivity index (χ0v) is 10.7. The van der Waals surface area contributed by atoms with Crippen LogP contribution in [0.1, 0.15) is 11.1 Å². The van der Waals surface area contributed by atoms with Gasteiger partial charge < -0.3 is 0 Å². The molecular formula is C14H7F4NS. The predicted octanol–water partition coefficient (Wildman–Crippen LogP) is 4.87. The van der Waals surface area contributed by atoms with Crippen molar-refractivity contribution in [2.24, 2.45) is 0 Å². The van der Waals surface area contributed by atoms with Crippen LogP contribution in [0.3, 0.4) is 0 Å². The standard InChI is InChI=1S/C14H7F4NS/c15-10-2-1-3-11(6-10)20-12-5-4-9(8-19)13(7-12)14(16,17)18/h1-7H. The van der Waals surface area contributed by atoms with E-state index >= 15 is 0 Å². The molecule has 0 radical (unpaired) electrons. The van der Waals surface area contributed by atoms with Gasteiger partial charge in [-0.25, -0.2) is 4.39 Å². The molecule has 2 rings (SSSR count). The van der Waals surface area contributed by atoms with Gasteiger partial charge in [0, 0.05) is 9.79 Å². The number of alkyl halides is 3. The molecule has 0 aromatic heterocycles. The fraction of sp³-hybridized carbons (Fsp3) is 0.0714. The van der Waals surface area contributed by atoms with E-state index in [2.05, 4.69) is 0 Å². The molecule has 102 valence electrons. The number of rotatable bonds is 2. The van der Waals surface area contributed by atoms with Crippen molar-refractivity contribution in [1.29, 1.82) is 5.26 Å². The quantitative estimate of drug-likeness (QED) is 0.739. The Morgan fingerprint density at radius 3 is 2.30 bits per heavy atom. The van der Waals surface area contributed by atoms with Crippen LogP contribution < -0.4 is 0 Å². The topological polar surface area (TPSA) is 23.8 Å². The van der Waals surface area contributed by atoms with Crippen molar-refractivity contribution >= 4 is 11.8 Å². The van der Waals surface area contributed by atoms with E-state index in [0.717, 1.165) is 23.9 Å². The van der Waals surface area contributed by atoms with Crippen LogP contribution in [0.5, 0.6) is 0 Å². The molecule has 0 aliphatic heterocycles. The van der Waals surface area contributed by atoms with Crippen molar-refractivity contribution in [3.8, 4) is 6.07 Å². The van der Waals surface area contributed by atoms with E-state index in [1.807, 2.05) is 0 Å². The minimum Gasteiger partial charge on any atom is -0.207 e. The Labute approximate surface area is 116 Å². The number of hydrogen-bond donors (Lipinski definition) is 0. The number of hydrogen-bond acceptors (Lipinski definition) is 2. The van der Waals surface area contributed by atoms with Crippen molar-refractivity contribution in [3.05, 3.63) is 59.4 Å². The van der Waals surface area contributed by atoms with E-state index in [9.17, 15) is 17.6 Å². The maximum Gasteiger partial charge on any atom is 0.417 e. The van der Waals surface area contributed by atoms with E-state index < -0.39 is 23.1 Å². The second kappa shape index (κ2) is 5.55. The van der Waals surface area contributed by atoms with Gasteiger partial charge in [-0.1, -0.05) is 17.8 Å². The molecular weight excluding hydrogens is 290 g/mol. The Morgan fingerprint density at radius 1 is 1.00 bits per heavy atom. The second-order valence-electron chi connectivity index (χ2n) is 3.88. The Bertz CT molecular complexity index is 674. The first-order valence-electron chi connectivity index (χ1n) is 5.45. The summed E-state index contributed by atoms with van der Waals surface area (Å²) in [5.74, 6) is -0.459. The van der Waals surface area contributed by atoms with Gasteiger partial charge in [-0.2, -0.15) is 18.4 Å². The van der Waals surface area contributed by atoms with Crippen LogP contribution in [0.15, 0.2) is 52.3 Å². The molecule has 0 aliphatic carbocycles. The van der Waals surface area contributed by atoms with Gasteiger partial charge in [0.25, 0.3) is 0 Å². The minimum absolute atomic E-state index is 0.293. The van der Waals surface area contributed by atoms with E-state index in [1.54, 1.807) is 6.07 Å². The second-order valence-corrected chi connectivity index (χ2v) is 5.02. The van der Waals surface area contributed by atoms with Crippen molar-refractivity contribution in [1.82, 2.24) is 0 Å². The van der Waals surface area contributed by atoms with E-state index in [4.69, 9.17) is 5.26 Å². The molecule has 0 atom stereocenters. The van der Waals surface area contributed by atoms with Crippen LogP contribution in [0.25, 0.3) is 0 Å². The molecule has 1 nitrogen and oxygen atoms in total. The smallest absolute Gasteiger partial charge is 0.207 e. The van der Waals surface area contributed by atoms with Gasteiger partial charge in [-0.05, 0) is 36.4 Å². The molecule has 0 spiro atoms. The van der Waals surface area contributed by atoms with Gasteiger partial charge in [-0.15, -0.1) is 0 Å². The summed E-state index contributed by atoms with van der Waals surface area (Å²) in [4.78, 5) is 0.782. The van der Waals surface area contributed by atoms with Crippen molar-refractivity contribution in [2.75, 3.05) is 0 Å². The highest BCUT2D eigenvalue weighted by atomic mass is 32.2. The molecule has 0 bridgehead atoms. The zero-order chi connectivity index (χ0) is 14.8. The summed E-state index contributed by atoms with van der Waals surface area (Å²) in [6, 6.07) is 10.5. The highest BCUT2D eigenvalue weighted by Crippen LogP contribution is 2.36. The van der Waals surface area contributed by atoms with Crippen molar-refractivity contribution < 1.29 is 17.6 Å². The molecule has 0 heterocycles. The zero-order valence-electron chi connectivity index (χ0n) is 9.91. The number of halogens is 4. The first kappa shape index (κ1) is 14.4. The van der Waals surface area contributed by atoms with Crippen LogP contribution >= 0.6 is 11.8 Å². The SMILES string of the molecule is N#Cc1ccc(Sc2cccc(F)c2)cc1C(F)(F)F. The summed E-state index contributed by atoms with van der Waals surface area (Å²) in [6.45, 7) is 0. The maximum atomic E-state index is 13.0. The lowest BCUT2D eigenvalue weighted by Gasteiger charge is -2.10. The molecule has 0 N–H and O–H groups in total. The van der Waals surface area contributed by atoms with Crippen LogP contribution in [0.4, 0.5) is 17.6 Å². The molecule has 0 aliphatic rings. The Hall–Kier alpha value is -2.00. The molecule has 0 amide bonds. The summed E-state index contributed by atoms with van der Waals surface area (Å²) < 4.78 is 51.4. The van der Waals surface area contributed by atoms with Gasteiger partial charge in [-0.3, -0.25) is 0 Å². The first-order valence-corrected chi connectivity index (χ1v) is 6.26. The normalized spacial score (nSPS) is 11.2. The average Bonchev–Trinajstić information content (AvgIpc) is 2.37. The number of nitriles is 1. The summed E-state index contributed by atoms with van der Waals surface area (Å²) >= 11 is 1.00. The van der Waals surface area contributed by atoms with Crippen LogP contribution in [-0.4, -0.2) is 0 Å². The minimum atomic E-state index is -4.59. The first-order chi connectivity index (χ1) is 9.40. The van der Waals surface area contributed by atoms with Gasteiger partial charge in [0.2, 0.25) is 0 Å². The van der Waals surface area contributed by atoms with Gasteiger partial charge in [0.15, 0.2) is 0 Å². The summed E-state index contributed by atoms with van der Waals surface area (Å²) in [5.41, 5.74) is -1.41. The third-order valence-electron chi connectivity index (χ3n) is 2.45. The monoisotopic (exact) mass is 297 g/mol. The molecule has 0 saturated carbocycles. The molecule has 20 heavy (non-hydrogen) atoms. The Kier molecular flexibility index (Phi) is 4.00. The average molecular weight is 297 g/mol. The molecule has 2 aromatic carbocycles. The lowest BCUT2D eigenvalue weighted by Crippen LogP contribution is -2.07. The largest absolute Gasteiger partial charge is 0.417 e. The summed E-state index contributed by atoms with van der Waals surface area (Å²) in [7, 11) is 0. The van der Waals surface area contributed by atoms with Crippen LogP contribution in [0.2, 0.25) is 0 Å². The van der Waals surface area contributed by atoms with E-state index in [0.29, 0.717) is 9.79 Å². The summed E-state index contributed by atoms with van der Waals surface area (Å²) in [5, 5.41) is 8.69. The summed E-state index contributed by atoms with van der Waals surface area (Å²) in [6.07, 6.45) is -4.59. The fourth-order valence-corrected chi connectivity index (χ4v) is 2.49. The third kappa shape index (κ3) is 3.31.